The summed E-state index contributed by atoms with van der Waals surface area (Å²) < 4.78 is 13.0. The lowest BCUT2D eigenvalue weighted by molar-refractivity contribution is -0.117. The first-order valence-corrected chi connectivity index (χ1v) is 9.42. The Morgan fingerprint density at radius 3 is 2.69 bits per heavy atom. The van der Waals surface area contributed by atoms with E-state index in [1.54, 1.807) is 12.1 Å². The molecule has 4 rings (SSSR count). The van der Waals surface area contributed by atoms with Crippen LogP contribution in [0.3, 0.4) is 0 Å². The number of amides is 2. The maximum Gasteiger partial charge on any atom is 0.258 e. The number of aromatic nitrogens is 1. The molecule has 0 spiro atoms. The standard InChI is InChI=1S/C21H22FN5O2/c1-21(2,3)16-10-19-26(12-18(28)24-17-9-8-13(22)11-23-17)20(29)14-6-4-5-7-15(14)27(19)25-16/h4-9,11,19H,10,12H2,1-3H3,(H,23,24,28). The van der Waals surface area contributed by atoms with Gasteiger partial charge in [-0.15, -0.1) is 0 Å². The highest BCUT2D eigenvalue weighted by molar-refractivity contribution is 6.06. The molecule has 1 unspecified atom stereocenters. The Bertz CT molecular complexity index is 997. The molecule has 7 nitrogen and oxygen atoms in total. The lowest BCUT2D eigenvalue weighted by Gasteiger charge is -2.39. The normalized spacial score (nSPS) is 18.3. The van der Waals surface area contributed by atoms with Crippen molar-refractivity contribution in [2.45, 2.75) is 33.4 Å². The molecule has 2 amide bonds. The van der Waals surface area contributed by atoms with E-state index in [1.165, 1.54) is 17.0 Å². The van der Waals surface area contributed by atoms with Crippen molar-refractivity contribution in [1.29, 1.82) is 0 Å². The molecule has 8 heteroatoms. The van der Waals surface area contributed by atoms with E-state index in [0.717, 1.165) is 17.6 Å². The zero-order valence-electron chi connectivity index (χ0n) is 16.5. The number of rotatable bonds is 3. The predicted molar refractivity (Wildman–Crippen MR) is 108 cm³/mol. The Morgan fingerprint density at radius 2 is 2.00 bits per heavy atom. The third-order valence-corrected chi connectivity index (χ3v) is 5.06. The third-order valence-electron chi connectivity index (χ3n) is 5.06. The fourth-order valence-electron chi connectivity index (χ4n) is 3.52. The monoisotopic (exact) mass is 395 g/mol. The molecule has 0 fully saturated rings. The smallest absolute Gasteiger partial charge is 0.258 e. The van der Waals surface area contributed by atoms with Gasteiger partial charge in [-0.2, -0.15) is 5.10 Å². The molecule has 0 saturated heterocycles. The van der Waals surface area contributed by atoms with Gasteiger partial charge >= 0.3 is 0 Å². The molecule has 2 aliphatic rings. The summed E-state index contributed by atoms with van der Waals surface area (Å²) in [4.78, 5) is 31.1. The Kier molecular flexibility index (Phi) is 4.56. The van der Waals surface area contributed by atoms with Crippen LogP contribution in [0.4, 0.5) is 15.9 Å². The average molecular weight is 395 g/mol. The number of hydrogen-bond acceptors (Lipinski definition) is 5. The SMILES string of the molecule is CC(C)(C)C1=NN2c3ccccc3C(=O)N(CC(=O)Nc3ccc(F)cn3)C2C1. The van der Waals surface area contributed by atoms with Crippen molar-refractivity contribution < 1.29 is 14.0 Å². The van der Waals surface area contributed by atoms with Crippen LogP contribution in [0.2, 0.25) is 0 Å². The molecule has 0 bridgehead atoms. The number of carbonyl (C=O) groups is 2. The summed E-state index contributed by atoms with van der Waals surface area (Å²) in [5, 5.41) is 9.23. The summed E-state index contributed by atoms with van der Waals surface area (Å²) in [5.41, 5.74) is 2.08. The summed E-state index contributed by atoms with van der Waals surface area (Å²) in [6.45, 7) is 6.08. The molecule has 1 atom stereocenters. The van der Waals surface area contributed by atoms with Crippen LogP contribution >= 0.6 is 0 Å². The van der Waals surface area contributed by atoms with E-state index >= 15 is 0 Å². The number of pyridine rings is 1. The number of hydrazone groups is 1. The van der Waals surface area contributed by atoms with E-state index in [9.17, 15) is 14.0 Å². The number of anilines is 2. The minimum absolute atomic E-state index is 0.151. The number of para-hydroxylation sites is 1. The van der Waals surface area contributed by atoms with Crippen molar-refractivity contribution in [1.82, 2.24) is 9.88 Å². The Balaban J connectivity index is 1.61. The molecule has 0 saturated carbocycles. The highest BCUT2D eigenvalue weighted by Gasteiger charge is 2.44. The number of carbonyl (C=O) groups excluding carboxylic acids is 2. The Labute approximate surface area is 168 Å². The van der Waals surface area contributed by atoms with Crippen LogP contribution in [-0.4, -0.2) is 40.1 Å². The van der Waals surface area contributed by atoms with Gasteiger partial charge in [0.15, 0.2) is 0 Å². The molecule has 150 valence electrons. The van der Waals surface area contributed by atoms with E-state index in [1.807, 2.05) is 17.1 Å². The number of hydrogen-bond donors (Lipinski definition) is 1. The van der Waals surface area contributed by atoms with Crippen molar-refractivity contribution in [3.8, 4) is 0 Å². The molecular formula is C21H22FN5O2. The first-order chi connectivity index (χ1) is 13.7. The van der Waals surface area contributed by atoms with E-state index in [0.29, 0.717) is 12.0 Å². The van der Waals surface area contributed by atoms with E-state index in [2.05, 4.69) is 31.1 Å². The van der Waals surface area contributed by atoms with Gasteiger partial charge in [0.25, 0.3) is 5.91 Å². The molecule has 0 radical (unpaired) electrons. The van der Waals surface area contributed by atoms with Gasteiger partial charge < -0.3 is 10.2 Å². The lowest BCUT2D eigenvalue weighted by atomic mass is 9.87. The van der Waals surface area contributed by atoms with Crippen LogP contribution in [0.5, 0.6) is 0 Å². The number of benzene rings is 1. The fraction of sp³-hybridized carbons (Fsp3) is 0.333. The summed E-state index contributed by atoms with van der Waals surface area (Å²) in [6.07, 6.45) is 1.23. The minimum atomic E-state index is -0.487. The maximum atomic E-state index is 13.2. The first kappa shape index (κ1) is 19.0. The highest BCUT2D eigenvalue weighted by Crippen LogP contribution is 2.38. The fourth-order valence-corrected chi connectivity index (χ4v) is 3.52. The van der Waals surface area contributed by atoms with Crippen molar-refractivity contribution in [3.63, 3.8) is 0 Å². The number of fused-ring (bicyclic) bond motifs is 3. The summed E-state index contributed by atoms with van der Waals surface area (Å²) in [5.74, 6) is -0.870. The van der Waals surface area contributed by atoms with Gasteiger partial charge in [-0.3, -0.25) is 9.59 Å². The maximum absolute atomic E-state index is 13.2. The van der Waals surface area contributed by atoms with Gasteiger partial charge in [0.1, 0.15) is 24.3 Å². The van der Waals surface area contributed by atoms with Crippen LogP contribution < -0.4 is 10.3 Å². The highest BCUT2D eigenvalue weighted by atomic mass is 19.1. The minimum Gasteiger partial charge on any atom is -0.309 e. The molecule has 1 aromatic carbocycles. The van der Waals surface area contributed by atoms with Gasteiger partial charge in [0.05, 0.1) is 17.4 Å². The molecule has 2 aliphatic heterocycles. The topological polar surface area (TPSA) is 77.9 Å². The predicted octanol–water partition coefficient (Wildman–Crippen LogP) is 3.25. The first-order valence-electron chi connectivity index (χ1n) is 9.42. The molecular weight excluding hydrogens is 373 g/mol. The number of nitrogens with one attached hydrogen (secondary N) is 1. The Morgan fingerprint density at radius 1 is 1.24 bits per heavy atom. The summed E-state index contributed by atoms with van der Waals surface area (Å²) in [7, 11) is 0. The zero-order chi connectivity index (χ0) is 20.8. The average Bonchev–Trinajstić information content (AvgIpc) is 3.13. The quantitative estimate of drug-likeness (QED) is 0.865. The van der Waals surface area contributed by atoms with Crippen molar-refractivity contribution in [2.75, 3.05) is 16.9 Å². The second kappa shape index (κ2) is 6.95. The largest absolute Gasteiger partial charge is 0.309 e. The molecule has 1 N–H and O–H groups in total. The second-order valence-electron chi connectivity index (χ2n) is 8.19. The van der Waals surface area contributed by atoms with Gasteiger partial charge in [-0.1, -0.05) is 32.9 Å². The van der Waals surface area contributed by atoms with Gasteiger partial charge in [0, 0.05) is 17.5 Å². The van der Waals surface area contributed by atoms with Crippen LogP contribution in [0.25, 0.3) is 0 Å². The van der Waals surface area contributed by atoms with Crippen molar-refractivity contribution >= 4 is 29.0 Å². The molecule has 29 heavy (non-hydrogen) atoms. The molecule has 1 aromatic heterocycles. The number of halogens is 1. The van der Waals surface area contributed by atoms with Crippen LogP contribution in [0.1, 0.15) is 37.6 Å². The van der Waals surface area contributed by atoms with Crippen LogP contribution in [0.15, 0.2) is 47.7 Å². The lowest BCUT2D eigenvalue weighted by Crippen LogP contribution is -2.54. The van der Waals surface area contributed by atoms with Crippen LogP contribution in [0, 0.1) is 11.2 Å². The third kappa shape index (κ3) is 3.57. The van der Waals surface area contributed by atoms with Gasteiger partial charge in [0.2, 0.25) is 5.91 Å². The van der Waals surface area contributed by atoms with E-state index in [4.69, 9.17) is 5.10 Å². The van der Waals surface area contributed by atoms with E-state index < -0.39 is 11.7 Å². The van der Waals surface area contributed by atoms with Gasteiger partial charge in [-0.05, 0) is 24.3 Å². The Hall–Kier alpha value is -3.29. The second-order valence-corrected chi connectivity index (χ2v) is 8.19. The molecule has 0 aliphatic carbocycles. The van der Waals surface area contributed by atoms with Crippen molar-refractivity contribution in [2.24, 2.45) is 10.5 Å². The summed E-state index contributed by atoms with van der Waals surface area (Å²) >= 11 is 0. The zero-order valence-corrected chi connectivity index (χ0v) is 16.5. The van der Waals surface area contributed by atoms with Gasteiger partial charge in [-0.25, -0.2) is 14.4 Å². The molecule has 3 heterocycles. The van der Waals surface area contributed by atoms with Crippen molar-refractivity contribution in [3.05, 3.63) is 54.0 Å². The number of nitrogens with zero attached hydrogens (tertiary/aromatic N) is 4. The molecule has 2 aromatic rings. The van der Waals surface area contributed by atoms with E-state index in [-0.39, 0.29) is 29.9 Å². The van der Waals surface area contributed by atoms with Crippen LogP contribution in [-0.2, 0) is 4.79 Å². The summed E-state index contributed by atoms with van der Waals surface area (Å²) in [6, 6.07) is 9.87.